The molecule has 5 N–H and O–H groups in total. The van der Waals surface area contributed by atoms with Gasteiger partial charge in [-0.1, -0.05) is 34.6 Å². The van der Waals surface area contributed by atoms with Gasteiger partial charge in [-0.05, 0) is 43.2 Å². The van der Waals surface area contributed by atoms with E-state index in [-0.39, 0.29) is 30.9 Å². The number of hydrogen-bond acceptors (Lipinski definition) is 10. The van der Waals surface area contributed by atoms with Crippen molar-refractivity contribution >= 4 is 47.3 Å². The lowest BCUT2D eigenvalue weighted by molar-refractivity contribution is -0.384. The Bertz CT molecular complexity index is 1380. The van der Waals surface area contributed by atoms with Crippen LogP contribution in [0.4, 0.5) is 10.5 Å². The van der Waals surface area contributed by atoms with Crippen LogP contribution in [0.15, 0.2) is 24.3 Å². The number of nitrogens with one attached hydrogen (secondary N) is 4. The second-order valence-corrected chi connectivity index (χ2v) is 12.2. The number of carboxylic acid groups (broad SMARTS) is 1. The molecule has 1 aromatic rings. The summed E-state index contributed by atoms with van der Waals surface area (Å²) in [5.74, 6) is -5.77. The Morgan fingerprint density at radius 3 is 2.08 bits per heavy atom. The van der Waals surface area contributed by atoms with Gasteiger partial charge >= 0.3 is 12.1 Å². The first-order chi connectivity index (χ1) is 23.0. The van der Waals surface area contributed by atoms with Crippen molar-refractivity contribution in [3.63, 3.8) is 0 Å². The number of amides is 6. The van der Waals surface area contributed by atoms with Crippen LogP contribution in [-0.2, 0) is 28.8 Å². The normalized spacial score (nSPS) is 15.8. The number of benzene rings is 1. The average Bonchev–Trinajstić information content (AvgIpc) is 3.51. The van der Waals surface area contributed by atoms with Crippen LogP contribution in [0.25, 0.3) is 0 Å². The number of hydrogen-bond donors (Lipinski definition) is 5. The smallest absolute Gasteiger partial charge is 0.434 e. The number of carbonyl (C=O) groups excluding carboxylic acids is 6. The Morgan fingerprint density at radius 1 is 0.980 bits per heavy atom. The molecule has 1 aliphatic heterocycles. The number of rotatable bonds is 15. The van der Waals surface area contributed by atoms with E-state index in [9.17, 15) is 43.7 Å². The lowest BCUT2D eigenvalue weighted by Gasteiger charge is -2.33. The number of carbonyl (C=O) groups is 7. The summed E-state index contributed by atoms with van der Waals surface area (Å²) < 4.78 is 5.28. The molecule has 0 bridgehead atoms. The summed E-state index contributed by atoms with van der Waals surface area (Å²) >= 11 is 0. The van der Waals surface area contributed by atoms with E-state index in [2.05, 4.69) is 21.4 Å². The van der Waals surface area contributed by atoms with Crippen LogP contribution in [0, 0.1) is 22.0 Å². The summed E-state index contributed by atoms with van der Waals surface area (Å²) in [6.45, 7) is 9.78. The quantitative estimate of drug-likeness (QED) is 0.129. The van der Waals surface area contributed by atoms with E-state index in [1.807, 2.05) is 0 Å². The molecule has 0 unspecified atom stereocenters. The summed E-state index contributed by atoms with van der Waals surface area (Å²) in [4.78, 5) is 101. The number of non-ortho nitro benzene ring substituents is 1. The first kappa shape index (κ1) is 39.9. The zero-order valence-corrected chi connectivity index (χ0v) is 28.4. The summed E-state index contributed by atoms with van der Waals surface area (Å²) in [6.07, 6.45) is -0.499. The fourth-order valence-electron chi connectivity index (χ4n) is 5.07. The molecule has 0 aromatic heterocycles. The van der Waals surface area contributed by atoms with Crippen molar-refractivity contribution in [3.05, 3.63) is 34.4 Å². The SMILES string of the molecule is CCCN(NC(=O)[C@H]1CCCN1C(=O)[C@@H](NC(=O)[C@@H](NC(=O)[C@H](CC(=O)O)NC(C)=O)C(C)C)C(C)C)C(=O)Oc1ccc([N+](=O)[O-])cc1. The van der Waals surface area contributed by atoms with Crippen LogP contribution < -0.4 is 26.1 Å². The topological polar surface area (TPSA) is 247 Å². The van der Waals surface area contributed by atoms with Gasteiger partial charge in [0, 0.05) is 32.1 Å². The third-order valence-corrected chi connectivity index (χ3v) is 7.55. The highest BCUT2D eigenvalue weighted by molar-refractivity contribution is 5.96. The highest BCUT2D eigenvalue weighted by Gasteiger charge is 2.40. The molecule has 49 heavy (non-hydrogen) atoms. The first-order valence-electron chi connectivity index (χ1n) is 15.9. The minimum Gasteiger partial charge on any atom is -0.481 e. The van der Waals surface area contributed by atoms with Crippen molar-refractivity contribution < 1.29 is 48.3 Å². The number of nitro groups is 1. The van der Waals surface area contributed by atoms with Gasteiger partial charge < -0.3 is 30.7 Å². The molecule has 0 aliphatic carbocycles. The molecule has 4 atom stereocenters. The van der Waals surface area contributed by atoms with Crippen LogP contribution in [0.2, 0.25) is 0 Å². The summed E-state index contributed by atoms with van der Waals surface area (Å²) in [5.41, 5.74) is 2.31. The largest absolute Gasteiger partial charge is 0.481 e. The third-order valence-electron chi connectivity index (χ3n) is 7.55. The van der Waals surface area contributed by atoms with Gasteiger partial charge in [0.1, 0.15) is 29.9 Å². The Morgan fingerprint density at radius 2 is 1.57 bits per heavy atom. The van der Waals surface area contributed by atoms with Gasteiger partial charge in [-0.25, -0.2) is 9.80 Å². The lowest BCUT2D eigenvalue weighted by atomic mass is 9.98. The Hall–Kier alpha value is -5.29. The zero-order valence-electron chi connectivity index (χ0n) is 28.4. The Balaban J connectivity index is 2.17. The number of likely N-dealkylation sites (tertiary alicyclic amines) is 1. The molecule has 0 saturated carbocycles. The fourth-order valence-corrected chi connectivity index (χ4v) is 5.07. The number of aliphatic carboxylic acids is 1. The lowest BCUT2D eigenvalue weighted by Crippen LogP contribution is -2.61. The van der Waals surface area contributed by atoms with Gasteiger partial charge in [-0.2, -0.15) is 0 Å². The first-order valence-corrected chi connectivity index (χ1v) is 15.9. The van der Waals surface area contributed by atoms with E-state index in [1.165, 1.54) is 17.0 Å². The summed E-state index contributed by atoms with van der Waals surface area (Å²) in [5, 5.41) is 28.4. The molecular formula is C31H45N7O11. The van der Waals surface area contributed by atoms with Gasteiger partial charge in [-0.3, -0.25) is 44.3 Å². The third kappa shape index (κ3) is 11.7. The molecule has 1 aromatic carbocycles. The van der Waals surface area contributed by atoms with Crippen molar-refractivity contribution in [2.45, 2.75) is 91.4 Å². The highest BCUT2D eigenvalue weighted by atomic mass is 16.6. The Labute approximate surface area is 283 Å². The molecule has 270 valence electrons. The standard InChI is InChI=1S/C31H45N7O11/c1-7-14-37(31(46)49-21-12-10-20(11-13-21)38(47)48)35-28(43)23-9-8-15-36(23)30(45)26(18(4)5)34-29(44)25(17(2)3)33-27(42)22(16-24(40)41)32-19(6)39/h10-13,17-18,22-23,25-26H,7-9,14-16H2,1-6H3,(H,32,39)(H,33,42)(H,34,44)(H,35,43)(H,40,41)/t22-,23+,25-,26-/m0/s1. The minimum absolute atomic E-state index is 0.0163. The van der Waals surface area contributed by atoms with E-state index < -0.39 is 88.9 Å². The summed E-state index contributed by atoms with van der Waals surface area (Å²) in [7, 11) is 0. The minimum atomic E-state index is -1.44. The maximum atomic E-state index is 13.8. The van der Waals surface area contributed by atoms with Crippen molar-refractivity contribution in [3.8, 4) is 5.75 Å². The summed E-state index contributed by atoms with van der Waals surface area (Å²) in [6, 6.07) is 0.0597. The number of nitrogens with zero attached hydrogens (tertiary/aromatic N) is 3. The van der Waals surface area contributed by atoms with Gasteiger partial charge in [-0.15, -0.1) is 0 Å². The fraction of sp³-hybridized carbons (Fsp3) is 0.581. The maximum Gasteiger partial charge on any atom is 0.434 e. The van der Waals surface area contributed by atoms with Crippen LogP contribution in [0.1, 0.15) is 67.2 Å². The van der Waals surface area contributed by atoms with E-state index in [0.717, 1.165) is 24.1 Å². The molecule has 1 fully saturated rings. The molecule has 6 amide bonds. The molecule has 18 heteroatoms. The molecule has 1 aliphatic rings. The molecule has 18 nitrogen and oxygen atoms in total. The number of ether oxygens (including phenoxy) is 1. The predicted molar refractivity (Wildman–Crippen MR) is 172 cm³/mol. The number of carboxylic acids is 1. The molecule has 1 heterocycles. The molecular weight excluding hydrogens is 646 g/mol. The van der Waals surface area contributed by atoms with E-state index in [0.29, 0.717) is 12.8 Å². The number of nitro benzene ring substituents is 1. The van der Waals surface area contributed by atoms with Gasteiger partial charge in [0.05, 0.1) is 11.3 Å². The Kier molecular flexibility index (Phi) is 14.9. The molecule has 1 saturated heterocycles. The van der Waals surface area contributed by atoms with Crippen LogP contribution >= 0.6 is 0 Å². The van der Waals surface area contributed by atoms with Crippen molar-refractivity contribution in [1.29, 1.82) is 0 Å². The second kappa shape index (κ2) is 18.3. The number of hydrazine groups is 1. The van der Waals surface area contributed by atoms with Crippen LogP contribution in [0.5, 0.6) is 5.75 Å². The van der Waals surface area contributed by atoms with Gasteiger partial charge in [0.2, 0.25) is 23.6 Å². The predicted octanol–water partition coefficient (Wildman–Crippen LogP) is 1.09. The van der Waals surface area contributed by atoms with Gasteiger partial charge in [0.25, 0.3) is 11.6 Å². The zero-order chi connectivity index (χ0) is 37.0. The van der Waals surface area contributed by atoms with E-state index >= 15 is 0 Å². The molecule has 0 spiro atoms. The van der Waals surface area contributed by atoms with Crippen molar-refractivity contribution in [2.24, 2.45) is 11.8 Å². The van der Waals surface area contributed by atoms with E-state index in [4.69, 9.17) is 9.84 Å². The molecule has 0 radical (unpaired) electrons. The molecule has 2 rings (SSSR count). The van der Waals surface area contributed by atoms with Gasteiger partial charge in [0.15, 0.2) is 0 Å². The van der Waals surface area contributed by atoms with E-state index in [1.54, 1.807) is 34.6 Å². The van der Waals surface area contributed by atoms with Crippen LogP contribution in [-0.4, -0.2) is 98.8 Å². The van der Waals surface area contributed by atoms with Crippen LogP contribution in [0.3, 0.4) is 0 Å². The second-order valence-electron chi connectivity index (χ2n) is 12.2. The highest BCUT2D eigenvalue weighted by Crippen LogP contribution is 2.22. The monoisotopic (exact) mass is 691 g/mol. The van der Waals surface area contributed by atoms with Crippen molar-refractivity contribution in [2.75, 3.05) is 13.1 Å². The maximum absolute atomic E-state index is 13.8. The average molecular weight is 692 g/mol. The van der Waals surface area contributed by atoms with Crippen molar-refractivity contribution in [1.82, 2.24) is 31.3 Å².